The van der Waals surface area contributed by atoms with E-state index in [-0.39, 0.29) is 14.6 Å². The second-order valence-corrected chi connectivity index (χ2v) is 11.3. The Kier molecular flexibility index (Phi) is 4.72. The number of sulfonamides is 1. The van der Waals surface area contributed by atoms with E-state index in [0.717, 1.165) is 12.8 Å². The van der Waals surface area contributed by atoms with E-state index in [9.17, 15) is 17.2 Å². The van der Waals surface area contributed by atoms with Gasteiger partial charge in [0.05, 0.1) is 0 Å². The molecule has 3 aromatic heterocycles. The fourth-order valence-electron chi connectivity index (χ4n) is 2.50. The summed E-state index contributed by atoms with van der Waals surface area (Å²) in [6.45, 7) is 1.82. The number of aromatic nitrogens is 4. The molecule has 7 nitrogen and oxygen atoms in total. The molecule has 0 unspecified atom stereocenters. The zero-order chi connectivity index (χ0) is 19.6. The van der Waals surface area contributed by atoms with Gasteiger partial charge >= 0.3 is 173 Å². The van der Waals surface area contributed by atoms with Crippen molar-refractivity contribution >= 4 is 57.6 Å². The molecule has 4 rings (SSSR count). The molecule has 0 spiro atoms. The van der Waals surface area contributed by atoms with Crippen LogP contribution in [-0.2, 0) is 10.0 Å². The van der Waals surface area contributed by atoms with Gasteiger partial charge in [-0.3, -0.25) is 0 Å². The summed E-state index contributed by atoms with van der Waals surface area (Å²) in [7, 11) is -3.80. The summed E-state index contributed by atoms with van der Waals surface area (Å²) < 4.78 is 55.5. The minimum atomic E-state index is -3.80. The number of fused-ring (bicyclic) bond motifs is 1. The van der Waals surface area contributed by atoms with Crippen LogP contribution in [0, 0.1) is 0 Å². The molecular formula is C14H11BrClF2N5O2SSe. The van der Waals surface area contributed by atoms with E-state index < -0.39 is 36.5 Å². The van der Waals surface area contributed by atoms with Crippen molar-refractivity contribution in [2.75, 3.05) is 0 Å². The van der Waals surface area contributed by atoms with Crippen LogP contribution < -0.4 is 4.72 Å². The summed E-state index contributed by atoms with van der Waals surface area (Å²) in [4.78, 5) is -0.0251. The van der Waals surface area contributed by atoms with E-state index in [4.69, 9.17) is 11.6 Å². The number of hydrogen-bond acceptors (Lipinski definition) is 5. The molecule has 1 aliphatic rings. The maximum atomic E-state index is 12.9. The molecule has 0 aliphatic heterocycles. The van der Waals surface area contributed by atoms with Crippen molar-refractivity contribution in [2.45, 2.75) is 36.6 Å². The summed E-state index contributed by atoms with van der Waals surface area (Å²) in [5, 5.41) is 11.7. The van der Waals surface area contributed by atoms with E-state index in [1.54, 1.807) is 0 Å². The Morgan fingerprint density at radius 1 is 1.37 bits per heavy atom. The second kappa shape index (κ2) is 6.57. The first-order valence-corrected chi connectivity index (χ1v) is 12.0. The van der Waals surface area contributed by atoms with Gasteiger partial charge in [0.25, 0.3) is 0 Å². The molecule has 1 N–H and O–H groups in total. The van der Waals surface area contributed by atoms with Crippen molar-refractivity contribution < 1.29 is 17.2 Å². The first-order chi connectivity index (χ1) is 12.6. The molecule has 1 fully saturated rings. The topological polar surface area (TPSA) is 89.2 Å². The van der Waals surface area contributed by atoms with Gasteiger partial charge in [-0.25, -0.2) is 0 Å². The summed E-state index contributed by atoms with van der Waals surface area (Å²) in [6.07, 6.45) is -1.16. The number of alkyl halides is 2. The van der Waals surface area contributed by atoms with E-state index in [1.807, 2.05) is 6.92 Å². The fraction of sp³-hybridized carbons (Fsp3) is 0.357. The Labute approximate surface area is 172 Å². The Morgan fingerprint density at radius 2 is 2.07 bits per heavy atom. The third-order valence-electron chi connectivity index (χ3n) is 4.15. The van der Waals surface area contributed by atoms with Crippen molar-refractivity contribution in [3.8, 4) is 10.1 Å². The van der Waals surface area contributed by atoms with Gasteiger partial charge in [0.1, 0.15) is 0 Å². The second-order valence-electron chi connectivity index (χ2n) is 6.39. The molecule has 3 heterocycles. The van der Waals surface area contributed by atoms with Gasteiger partial charge in [0.15, 0.2) is 0 Å². The van der Waals surface area contributed by atoms with Crippen molar-refractivity contribution in [1.82, 2.24) is 24.5 Å². The zero-order valence-corrected chi connectivity index (χ0v) is 18.5. The Morgan fingerprint density at radius 3 is 2.67 bits per heavy atom. The minimum absolute atomic E-state index is 0.0251. The molecule has 0 atom stereocenters. The maximum absolute atomic E-state index is 12.9. The summed E-state index contributed by atoms with van der Waals surface area (Å²) in [6, 6.07) is 2.71. The SMILES string of the molecule is CC1(NS(=O)(=O)c2cc(Cl)n3nc(Br)c(-c4nnc(C(F)F)[se]4)c3c2)CC1. The van der Waals surface area contributed by atoms with Crippen LogP contribution in [-0.4, -0.2) is 48.3 Å². The molecule has 27 heavy (non-hydrogen) atoms. The van der Waals surface area contributed by atoms with E-state index >= 15 is 0 Å². The van der Waals surface area contributed by atoms with Gasteiger partial charge in [0.2, 0.25) is 0 Å². The molecule has 13 heteroatoms. The third-order valence-corrected chi connectivity index (χ3v) is 8.58. The van der Waals surface area contributed by atoms with Crippen molar-refractivity contribution in [1.29, 1.82) is 0 Å². The number of rotatable bonds is 5. The normalized spacial score (nSPS) is 16.4. The first-order valence-electron chi connectivity index (χ1n) is 7.63. The number of halogens is 4. The number of nitrogens with zero attached hydrogens (tertiary/aromatic N) is 4. The molecule has 1 aliphatic carbocycles. The van der Waals surface area contributed by atoms with Crippen molar-refractivity contribution in [3.63, 3.8) is 0 Å². The Bertz CT molecular complexity index is 1160. The van der Waals surface area contributed by atoms with Crippen LogP contribution in [0.25, 0.3) is 15.6 Å². The standard InChI is InChI=1S/C14H11BrClF2N5O2SSe/c1-14(2-3-14)22-26(24,25)6-4-7-9(10(15)21-23(7)8(16)5-6)12-19-20-13(27-12)11(17)18/h4-5,11,22H,2-3H2,1H3. The van der Waals surface area contributed by atoms with E-state index in [0.29, 0.717) is 20.3 Å². The first kappa shape index (κ1) is 19.4. The van der Waals surface area contributed by atoms with Gasteiger partial charge in [-0.2, -0.15) is 0 Å². The third kappa shape index (κ3) is 3.58. The van der Waals surface area contributed by atoms with Crippen LogP contribution >= 0.6 is 27.5 Å². The van der Waals surface area contributed by atoms with Crippen LogP contribution in [0.2, 0.25) is 5.15 Å². The van der Waals surface area contributed by atoms with Gasteiger partial charge < -0.3 is 0 Å². The predicted octanol–water partition coefficient (Wildman–Crippen LogP) is 3.03. The number of hydrogen-bond donors (Lipinski definition) is 1. The van der Waals surface area contributed by atoms with Gasteiger partial charge in [-0.15, -0.1) is 0 Å². The Hall–Kier alpha value is -0.911. The molecule has 0 aromatic carbocycles. The van der Waals surface area contributed by atoms with Crippen LogP contribution in [0.3, 0.4) is 0 Å². The molecule has 3 aromatic rings. The van der Waals surface area contributed by atoms with Crippen molar-refractivity contribution in [3.05, 3.63) is 26.5 Å². The van der Waals surface area contributed by atoms with Gasteiger partial charge in [0, 0.05) is 0 Å². The molecule has 0 amide bonds. The molecule has 0 radical (unpaired) electrons. The molecular weight excluding hydrogens is 535 g/mol. The zero-order valence-electron chi connectivity index (χ0n) is 13.6. The van der Waals surface area contributed by atoms with Gasteiger partial charge in [-0.05, 0) is 0 Å². The fourth-order valence-corrected chi connectivity index (χ4v) is 6.75. The Balaban J connectivity index is 1.88. The van der Waals surface area contributed by atoms with Gasteiger partial charge in [-0.1, -0.05) is 0 Å². The molecule has 0 saturated heterocycles. The summed E-state index contributed by atoms with van der Waals surface area (Å²) >= 11 is 8.72. The average molecular weight is 546 g/mol. The summed E-state index contributed by atoms with van der Waals surface area (Å²) in [5.74, 6) is 0. The van der Waals surface area contributed by atoms with Crippen LogP contribution in [0.1, 0.15) is 30.8 Å². The molecule has 0 bridgehead atoms. The van der Waals surface area contributed by atoms with Crippen LogP contribution in [0.5, 0.6) is 0 Å². The molecule has 144 valence electrons. The monoisotopic (exact) mass is 545 g/mol. The van der Waals surface area contributed by atoms with E-state index in [1.165, 1.54) is 16.6 Å². The summed E-state index contributed by atoms with van der Waals surface area (Å²) in [5.41, 5.74) is 0.313. The van der Waals surface area contributed by atoms with Crippen LogP contribution in [0.4, 0.5) is 8.78 Å². The average Bonchev–Trinajstić information content (AvgIpc) is 2.97. The number of pyridine rings is 1. The predicted molar refractivity (Wildman–Crippen MR) is 98.8 cm³/mol. The van der Waals surface area contributed by atoms with E-state index in [2.05, 4.69) is 35.9 Å². The molecule has 1 saturated carbocycles. The van der Waals surface area contributed by atoms with Crippen LogP contribution in [0.15, 0.2) is 21.6 Å². The van der Waals surface area contributed by atoms with Crippen molar-refractivity contribution in [2.24, 2.45) is 0 Å². The number of nitrogens with one attached hydrogen (secondary N) is 1. The quantitative estimate of drug-likeness (QED) is 0.393.